The molecule has 0 bridgehead atoms. The number of rotatable bonds is 6. The minimum Gasteiger partial charge on any atom is -0.493 e. The molecule has 2 heterocycles. The lowest BCUT2D eigenvalue weighted by Gasteiger charge is -2.47. The van der Waals surface area contributed by atoms with Crippen LogP contribution in [0, 0.1) is 0 Å². The molecule has 3 aromatic carbocycles. The van der Waals surface area contributed by atoms with E-state index in [4.69, 9.17) is 44.5 Å². The van der Waals surface area contributed by atoms with Crippen molar-refractivity contribution in [2.75, 3.05) is 26.0 Å². The Morgan fingerprint density at radius 1 is 0.977 bits per heavy atom. The number of hydrogen-bond acceptors (Lipinski definition) is 6. The van der Waals surface area contributed by atoms with Crippen molar-refractivity contribution < 1.29 is 23.1 Å². The number of hydrogen-bond donors (Lipinski definition) is 1. The van der Waals surface area contributed by atoms with Crippen LogP contribution in [0.2, 0.25) is 15.1 Å². The van der Waals surface area contributed by atoms with Crippen LogP contribution in [0.1, 0.15) is 50.3 Å². The van der Waals surface area contributed by atoms with Crippen LogP contribution in [0.3, 0.4) is 0 Å². The highest BCUT2D eigenvalue weighted by molar-refractivity contribution is 7.90. The lowest BCUT2D eigenvalue weighted by atomic mass is 9.71. The van der Waals surface area contributed by atoms with Crippen molar-refractivity contribution in [2.45, 2.75) is 55.7 Å². The molecule has 0 aliphatic carbocycles. The second kappa shape index (κ2) is 12.2. The van der Waals surface area contributed by atoms with Gasteiger partial charge in [-0.2, -0.15) is 0 Å². The lowest BCUT2D eigenvalue weighted by molar-refractivity contribution is 0.0689. The number of carbonyl (C=O) groups excluding carboxylic acids is 1. The monoisotopic (exact) mass is 677 g/mol. The van der Waals surface area contributed by atoms with Crippen molar-refractivity contribution in [3.63, 3.8) is 0 Å². The van der Waals surface area contributed by atoms with Gasteiger partial charge in [0.05, 0.1) is 28.2 Å². The summed E-state index contributed by atoms with van der Waals surface area (Å²) >= 11 is 19.1. The van der Waals surface area contributed by atoms with Crippen molar-refractivity contribution >= 4 is 56.5 Å². The van der Waals surface area contributed by atoms with Gasteiger partial charge in [0.1, 0.15) is 22.7 Å². The van der Waals surface area contributed by atoms with Gasteiger partial charge in [-0.05, 0) is 75.1 Å². The summed E-state index contributed by atoms with van der Waals surface area (Å²) in [6.45, 7) is 6.61. The minimum atomic E-state index is -3.77. The van der Waals surface area contributed by atoms with E-state index in [1.165, 1.54) is 12.1 Å². The lowest BCUT2D eigenvalue weighted by Crippen LogP contribution is -2.59. The Labute approximate surface area is 273 Å². The van der Waals surface area contributed by atoms with Crippen LogP contribution in [-0.4, -0.2) is 67.2 Å². The molecule has 0 saturated carbocycles. The maximum Gasteiger partial charge on any atom is 0.326 e. The number of piperidine rings is 1. The van der Waals surface area contributed by atoms with E-state index in [9.17, 15) is 18.3 Å². The summed E-state index contributed by atoms with van der Waals surface area (Å²) in [4.78, 5) is 23.3. The zero-order valence-corrected chi connectivity index (χ0v) is 27.9. The third-order valence-electron chi connectivity index (χ3n) is 8.65. The van der Waals surface area contributed by atoms with Crippen LogP contribution >= 0.6 is 34.8 Å². The molecule has 5 rings (SSSR count). The second-order valence-corrected chi connectivity index (χ2v) is 14.7. The molecule has 0 radical (unpaired) electrons. The van der Waals surface area contributed by atoms with Gasteiger partial charge in [-0.3, -0.25) is 9.89 Å². The number of sulfone groups is 1. The zero-order chi connectivity index (χ0) is 32.0. The number of ether oxygens (including phenoxy) is 1. The average Bonchev–Trinajstić information content (AvgIpc) is 3.21. The number of carbonyl (C=O) groups is 1. The van der Waals surface area contributed by atoms with Gasteiger partial charge in [0.25, 0.3) is 0 Å². The Morgan fingerprint density at radius 2 is 1.52 bits per heavy atom. The Kier molecular flexibility index (Phi) is 9.01. The Bertz CT molecular complexity index is 1710. The van der Waals surface area contributed by atoms with Gasteiger partial charge in [-0.15, -0.1) is 0 Å². The minimum absolute atomic E-state index is 0.00196. The summed E-state index contributed by atoms with van der Waals surface area (Å²) in [5.41, 5.74) is -0.447. The first-order chi connectivity index (χ1) is 20.7. The largest absolute Gasteiger partial charge is 0.493 e. The molecule has 1 fully saturated rings. The summed E-state index contributed by atoms with van der Waals surface area (Å²) < 4.78 is 31.7. The molecule has 44 heavy (non-hydrogen) atoms. The SMILES string of the molecule is CCOc1cc(Cl)c(S(C)(=O)=O)cc1C1=N[C@@](C)(c2ccc(Cl)cc2)[C@@](C)(c2ccc(Cl)cc2)N1C(=O)N1CCC(O)CC1. The van der Waals surface area contributed by atoms with E-state index in [0.717, 1.165) is 17.4 Å². The molecule has 3 aromatic rings. The van der Waals surface area contributed by atoms with Crippen LogP contribution in [0.4, 0.5) is 4.79 Å². The van der Waals surface area contributed by atoms with Crippen LogP contribution in [0.15, 0.2) is 70.6 Å². The van der Waals surface area contributed by atoms with Gasteiger partial charge in [0.2, 0.25) is 0 Å². The second-order valence-electron chi connectivity index (χ2n) is 11.4. The molecule has 2 aliphatic heterocycles. The van der Waals surface area contributed by atoms with Gasteiger partial charge in [-0.25, -0.2) is 13.2 Å². The number of amides is 2. The third-order valence-corrected chi connectivity index (χ3v) is 10.7. The Balaban J connectivity index is 1.85. The van der Waals surface area contributed by atoms with Crippen LogP contribution in [0.5, 0.6) is 5.75 Å². The van der Waals surface area contributed by atoms with Crippen molar-refractivity contribution in [1.29, 1.82) is 0 Å². The molecule has 8 nitrogen and oxygen atoms in total. The average molecular weight is 679 g/mol. The predicted octanol–water partition coefficient (Wildman–Crippen LogP) is 6.92. The summed E-state index contributed by atoms with van der Waals surface area (Å²) in [6.07, 6.45) is 1.45. The molecule has 0 spiro atoms. The van der Waals surface area contributed by atoms with E-state index >= 15 is 0 Å². The summed E-state index contributed by atoms with van der Waals surface area (Å²) in [7, 11) is -3.77. The molecule has 1 saturated heterocycles. The maximum absolute atomic E-state index is 14.8. The predicted molar refractivity (Wildman–Crippen MR) is 174 cm³/mol. The highest BCUT2D eigenvalue weighted by Gasteiger charge is 2.60. The standard InChI is InChI=1S/C32H34Cl3N3O5S/c1-5-43-27-19-26(35)28(44(4,41)42)18-25(27)29-36-31(2,20-6-10-22(33)11-7-20)32(3,21-8-12-23(34)13-9-21)38(29)30(40)37-16-14-24(39)15-17-37/h6-13,18-19,24,39H,5,14-17H2,1-4H3/t31-,32+/m0/s1. The number of aliphatic imine (C=N–C) groups is 1. The molecule has 1 N–H and O–H groups in total. The Hall–Kier alpha value is -2.82. The highest BCUT2D eigenvalue weighted by atomic mass is 35.5. The molecule has 2 amide bonds. The number of benzene rings is 3. The van der Waals surface area contributed by atoms with E-state index in [0.29, 0.717) is 41.5 Å². The molecule has 234 valence electrons. The van der Waals surface area contributed by atoms with E-state index < -0.39 is 27.0 Å². The van der Waals surface area contributed by atoms with Gasteiger partial charge in [-0.1, -0.05) is 59.1 Å². The Morgan fingerprint density at radius 3 is 2.05 bits per heavy atom. The molecule has 0 unspecified atom stereocenters. The first kappa shape index (κ1) is 32.6. The molecule has 0 aromatic heterocycles. The molecule has 2 atom stereocenters. The van der Waals surface area contributed by atoms with Crippen molar-refractivity contribution in [3.8, 4) is 5.75 Å². The maximum atomic E-state index is 14.8. The summed E-state index contributed by atoms with van der Waals surface area (Å²) in [5.74, 6) is 0.510. The van der Waals surface area contributed by atoms with Crippen LogP contribution < -0.4 is 4.74 Å². The number of amidine groups is 1. The van der Waals surface area contributed by atoms with Gasteiger partial charge in [0, 0.05) is 35.5 Å². The van der Waals surface area contributed by atoms with Gasteiger partial charge < -0.3 is 14.7 Å². The van der Waals surface area contributed by atoms with E-state index in [1.54, 1.807) is 41.0 Å². The number of halogens is 3. The first-order valence-electron chi connectivity index (χ1n) is 14.3. The van der Waals surface area contributed by atoms with Gasteiger partial charge in [0.15, 0.2) is 9.84 Å². The smallest absolute Gasteiger partial charge is 0.326 e. The summed E-state index contributed by atoms with van der Waals surface area (Å²) in [6, 6.07) is 17.1. The first-order valence-corrected chi connectivity index (χ1v) is 17.3. The van der Waals surface area contributed by atoms with E-state index in [-0.39, 0.29) is 34.1 Å². The fourth-order valence-electron chi connectivity index (χ4n) is 6.03. The molecular weight excluding hydrogens is 645 g/mol. The van der Waals surface area contributed by atoms with Crippen LogP contribution in [-0.2, 0) is 20.9 Å². The number of aliphatic hydroxyl groups is 1. The molecule has 12 heteroatoms. The van der Waals surface area contributed by atoms with Gasteiger partial charge >= 0.3 is 6.03 Å². The number of nitrogens with zero attached hydrogens (tertiary/aromatic N) is 3. The zero-order valence-electron chi connectivity index (χ0n) is 24.9. The fourth-order valence-corrected chi connectivity index (χ4v) is 7.61. The number of likely N-dealkylation sites (tertiary alicyclic amines) is 1. The third kappa shape index (κ3) is 5.69. The molecular formula is C32H34Cl3N3O5S. The van der Waals surface area contributed by atoms with Crippen LogP contribution in [0.25, 0.3) is 0 Å². The summed E-state index contributed by atoms with van der Waals surface area (Å²) in [5, 5.41) is 11.3. The van der Waals surface area contributed by atoms with E-state index in [2.05, 4.69) is 0 Å². The van der Waals surface area contributed by atoms with Crippen molar-refractivity contribution in [2.24, 2.45) is 4.99 Å². The highest BCUT2D eigenvalue weighted by Crippen LogP contribution is 2.54. The number of urea groups is 1. The normalized spacial score (nSPS) is 22.7. The fraction of sp³-hybridized carbons (Fsp3) is 0.375. The van der Waals surface area contributed by atoms with Crippen molar-refractivity contribution in [1.82, 2.24) is 9.80 Å². The van der Waals surface area contributed by atoms with E-state index in [1.807, 2.05) is 38.1 Å². The molecule has 2 aliphatic rings. The quantitative estimate of drug-likeness (QED) is 0.305. The number of aliphatic hydroxyl groups excluding tert-OH is 1. The van der Waals surface area contributed by atoms with Crippen molar-refractivity contribution in [3.05, 3.63) is 92.4 Å². The topological polar surface area (TPSA) is 99.5 Å².